The fraction of sp³-hybridized carbons (Fsp3) is 0.400. The maximum absolute atomic E-state index is 7.19. The van der Waals surface area contributed by atoms with Gasteiger partial charge in [-0.2, -0.15) is 0 Å². The smallest absolute Gasteiger partial charge is 0.261 e. The van der Waals surface area contributed by atoms with E-state index in [2.05, 4.69) is 79.3 Å². The number of anilines is 1. The van der Waals surface area contributed by atoms with E-state index >= 15 is 0 Å². The SMILES string of the molecule is CC1(C)O[C@@H]2[C@H](O1)[C@@H](CO[Si](c1ccccc1)(c1ccccc1)C(C)(C)C)O[C@H]2c1nc(N)c2occc2n1. The van der Waals surface area contributed by atoms with E-state index in [1.807, 2.05) is 26.0 Å². The molecule has 0 bridgehead atoms. The normalized spacial score (nSPS) is 24.7. The largest absolute Gasteiger partial charge is 0.459 e. The number of hydrogen-bond acceptors (Lipinski definition) is 8. The molecule has 2 aromatic heterocycles. The quantitative estimate of drug-likeness (QED) is 0.357. The number of ether oxygens (including phenoxy) is 3. The average Bonchev–Trinajstić information content (AvgIpc) is 3.58. The lowest BCUT2D eigenvalue weighted by molar-refractivity contribution is -0.191. The van der Waals surface area contributed by atoms with Crippen LogP contribution in [0.4, 0.5) is 5.82 Å². The molecule has 4 atom stereocenters. The first kappa shape index (κ1) is 26.2. The van der Waals surface area contributed by atoms with Gasteiger partial charge < -0.3 is 28.8 Å². The molecule has 2 aliphatic heterocycles. The van der Waals surface area contributed by atoms with Gasteiger partial charge in [-0.1, -0.05) is 81.4 Å². The van der Waals surface area contributed by atoms with Gasteiger partial charge in [-0.25, -0.2) is 9.97 Å². The number of furan rings is 1. The maximum Gasteiger partial charge on any atom is 0.261 e. The van der Waals surface area contributed by atoms with Gasteiger partial charge in [0.15, 0.2) is 23.0 Å². The minimum absolute atomic E-state index is 0.163. The van der Waals surface area contributed by atoms with Crippen LogP contribution in [-0.4, -0.2) is 49.0 Å². The molecule has 2 aromatic carbocycles. The lowest BCUT2D eigenvalue weighted by Crippen LogP contribution is -2.67. The van der Waals surface area contributed by atoms with E-state index in [-0.39, 0.29) is 17.0 Å². The van der Waals surface area contributed by atoms with Gasteiger partial charge in [0.05, 0.1) is 12.9 Å². The van der Waals surface area contributed by atoms with Gasteiger partial charge in [-0.3, -0.25) is 0 Å². The van der Waals surface area contributed by atoms with E-state index in [0.717, 1.165) is 0 Å². The summed E-state index contributed by atoms with van der Waals surface area (Å²) in [7, 11) is -2.77. The molecule has 2 N–H and O–H groups in total. The van der Waals surface area contributed by atoms with Crippen LogP contribution in [0.2, 0.25) is 5.04 Å². The highest BCUT2D eigenvalue weighted by Gasteiger charge is 2.58. The van der Waals surface area contributed by atoms with Crippen LogP contribution in [0.1, 0.15) is 46.5 Å². The summed E-state index contributed by atoms with van der Waals surface area (Å²) in [6, 6.07) is 22.9. The number of nitrogen functional groups attached to an aromatic ring is 1. The second-order valence-electron chi connectivity index (χ2n) is 11.7. The number of benzene rings is 2. The van der Waals surface area contributed by atoms with Gasteiger partial charge in [0.2, 0.25) is 0 Å². The zero-order valence-corrected chi connectivity index (χ0v) is 24.0. The molecule has 2 aliphatic rings. The number of aromatic nitrogens is 2. The number of hydrogen-bond donors (Lipinski definition) is 1. The van der Waals surface area contributed by atoms with Gasteiger partial charge in [0, 0.05) is 6.07 Å². The molecule has 9 heteroatoms. The summed E-state index contributed by atoms with van der Waals surface area (Å²) >= 11 is 0. The van der Waals surface area contributed by atoms with E-state index in [1.54, 1.807) is 12.3 Å². The summed E-state index contributed by atoms with van der Waals surface area (Å²) in [6.45, 7) is 10.9. The predicted molar refractivity (Wildman–Crippen MR) is 151 cm³/mol. The van der Waals surface area contributed by atoms with Crippen LogP contribution < -0.4 is 16.1 Å². The molecule has 0 unspecified atom stereocenters. The van der Waals surface area contributed by atoms with Crippen molar-refractivity contribution in [2.75, 3.05) is 12.3 Å². The van der Waals surface area contributed by atoms with E-state index in [9.17, 15) is 0 Å². The Hall–Kier alpha value is -3.08. The first-order valence-electron chi connectivity index (χ1n) is 13.4. The van der Waals surface area contributed by atoms with Crippen molar-refractivity contribution >= 4 is 35.6 Å². The minimum atomic E-state index is -2.77. The zero-order valence-electron chi connectivity index (χ0n) is 23.0. The van der Waals surface area contributed by atoms with Crippen LogP contribution in [0.15, 0.2) is 77.4 Å². The zero-order chi connectivity index (χ0) is 27.4. The summed E-state index contributed by atoms with van der Waals surface area (Å²) in [6.07, 6.45) is -0.166. The molecule has 6 rings (SSSR count). The van der Waals surface area contributed by atoms with Gasteiger partial charge in [-0.15, -0.1) is 0 Å². The Balaban J connectivity index is 1.37. The molecule has 204 valence electrons. The molecule has 0 spiro atoms. The van der Waals surface area contributed by atoms with Crippen LogP contribution in [0.5, 0.6) is 0 Å². The second kappa shape index (κ2) is 9.53. The predicted octanol–water partition coefficient (Wildman–Crippen LogP) is 4.34. The number of nitrogens with zero attached hydrogens (tertiary/aromatic N) is 2. The minimum Gasteiger partial charge on any atom is -0.459 e. The molecule has 0 amide bonds. The van der Waals surface area contributed by atoms with Crippen molar-refractivity contribution < 1.29 is 23.1 Å². The second-order valence-corrected chi connectivity index (χ2v) is 16.0. The Kier molecular flexibility index (Phi) is 6.39. The summed E-state index contributed by atoms with van der Waals surface area (Å²) in [5.41, 5.74) is 7.28. The van der Waals surface area contributed by atoms with Crippen molar-refractivity contribution in [1.82, 2.24) is 9.97 Å². The Morgan fingerprint density at radius 1 is 0.897 bits per heavy atom. The Morgan fingerprint density at radius 3 is 2.13 bits per heavy atom. The third-order valence-corrected chi connectivity index (χ3v) is 12.6. The standard InChI is InChI=1S/C30H35N3O5Si/c1-29(2,3)39(19-12-8-6-9-13-19,20-14-10-7-11-15-20)35-18-22-24-25(38-30(4,5)37-24)26(36-22)28-32-21-16-17-34-23(21)27(31)33-28/h6-17,22,24-26H,18H2,1-5H3,(H2,31,32,33)/t22-,24-,25-,26-/m1/s1. The van der Waals surface area contributed by atoms with Crippen LogP contribution in [0.25, 0.3) is 11.1 Å². The first-order valence-corrected chi connectivity index (χ1v) is 15.3. The third-order valence-electron chi connectivity index (χ3n) is 7.63. The fourth-order valence-corrected chi connectivity index (χ4v) is 10.6. The van der Waals surface area contributed by atoms with Crippen molar-refractivity contribution in [1.29, 1.82) is 0 Å². The Labute approximate surface area is 229 Å². The Morgan fingerprint density at radius 2 is 1.51 bits per heavy atom. The monoisotopic (exact) mass is 545 g/mol. The van der Waals surface area contributed by atoms with Gasteiger partial charge in [0.1, 0.15) is 29.9 Å². The molecule has 39 heavy (non-hydrogen) atoms. The highest BCUT2D eigenvalue weighted by atomic mass is 28.4. The molecular weight excluding hydrogens is 510 g/mol. The van der Waals surface area contributed by atoms with Crippen molar-refractivity contribution in [2.24, 2.45) is 0 Å². The summed E-state index contributed by atoms with van der Waals surface area (Å²) < 4.78 is 32.0. The van der Waals surface area contributed by atoms with Gasteiger partial charge >= 0.3 is 0 Å². The van der Waals surface area contributed by atoms with Gasteiger partial charge in [0.25, 0.3) is 8.32 Å². The molecule has 0 saturated carbocycles. The van der Waals surface area contributed by atoms with E-state index in [0.29, 0.717) is 23.5 Å². The van der Waals surface area contributed by atoms with Crippen molar-refractivity contribution in [3.63, 3.8) is 0 Å². The lowest BCUT2D eigenvalue weighted by Gasteiger charge is -2.43. The first-order chi connectivity index (χ1) is 18.6. The molecule has 2 fully saturated rings. The lowest BCUT2D eigenvalue weighted by atomic mass is 10.1. The summed E-state index contributed by atoms with van der Waals surface area (Å²) in [4.78, 5) is 9.21. The van der Waals surface area contributed by atoms with Crippen LogP contribution in [0, 0.1) is 0 Å². The van der Waals surface area contributed by atoms with Crippen LogP contribution in [-0.2, 0) is 18.6 Å². The molecule has 8 nitrogen and oxygen atoms in total. The summed E-state index contributed by atoms with van der Waals surface area (Å²) in [5.74, 6) is -0.0610. The molecule has 4 heterocycles. The molecule has 4 aromatic rings. The highest BCUT2D eigenvalue weighted by molar-refractivity contribution is 6.99. The summed E-state index contributed by atoms with van der Waals surface area (Å²) in [5, 5.41) is 2.25. The van der Waals surface area contributed by atoms with Crippen LogP contribution in [0.3, 0.4) is 0 Å². The number of fused-ring (bicyclic) bond motifs is 2. The maximum atomic E-state index is 7.19. The van der Waals surface area contributed by atoms with Gasteiger partial charge in [-0.05, 0) is 29.3 Å². The molecule has 0 aliphatic carbocycles. The third kappa shape index (κ3) is 4.48. The van der Waals surface area contributed by atoms with E-state index in [4.69, 9.17) is 28.8 Å². The molecule has 2 saturated heterocycles. The molecule has 0 radical (unpaired) electrons. The molecular formula is C30H35N3O5Si. The van der Waals surface area contributed by atoms with Crippen LogP contribution >= 0.6 is 0 Å². The highest BCUT2D eigenvalue weighted by Crippen LogP contribution is 2.46. The topological polar surface area (TPSA) is 102 Å². The van der Waals surface area contributed by atoms with Crippen molar-refractivity contribution in [2.45, 2.75) is 69.9 Å². The number of nitrogens with two attached hydrogens (primary N) is 1. The fourth-order valence-electron chi connectivity index (χ4n) is 6.02. The van der Waals surface area contributed by atoms with E-state index < -0.39 is 32.4 Å². The Bertz CT molecular complexity index is 1410. The average molecular weight is 546 g/mol. The van der Waals surface area contributed by atoms with Crippen molar-refractivity contribution in [3.8, 4) is 0 Å². The number of rotatable bonds is 6. The van der Waals surface area contributed by atoms with Crippen molar-refractivity contribution in [3.05, 3.63) is 78.8 Å². The van der Waals surface area contributed by atoms with E-state index in [1.165, 1.54) is 10.4 Å².